The molecule has 0 amide bonds. The quantitative estimate of drug-likeness (QED) is 0.613. The van der Waals surface area contributed by atoms with Crippen molar-refractivity contribution in [3.63, 3.8) is 0 Å². The number of Topliss-reactive ketones (excluding diaryl/α,β-unsaturated/α-hetero) is 1. The van der Waals surface area contributed by atoms with Crippen LogP contribution in [0.3, 0.4) is 0 Å². The van der Waals surface area contributed by atoms with Crippen LogP contribution in [0.5, 0.6) is 0 Å². The number of hydrogen-bond acceptors (Lipinski definition) is 3. The summed E-state index contributed by atoms with van der Waals surface area (Å²) in [5.41, 5.74) is 0. The Morgan fingerprint density at radius 3 is 2.57 bits per heavy atom. The molecule has 3 nitrogen and oxygen atoms in total. The predicted molar refractivity (Wildman–Crippen MR) is 53.8 cm³/mol. The zero-order valence-corrected chi connectivity index (χ0v) is 9.22. The molecule has 1 aliphatic heterocycles. The molecule has 0 spiro atoms. The minimum atomic E-state index is -3.02. The lowest BCUT2D eigenvalue weighted by atomic mass is 9.84. The van der Waals surface area contributed by atoms with Crippen LogP contribution in [0, 0.1) is 5.92 Å². The minimum Gasteiger partial charge on any atom is -0.299 e. The Morgan fingerprint density at radius 2 is 1.86 bits per heavy atom. The normalized spacial score (nSPS) is 41.8. The Hall–Kier alpha value is -0.380. The number of sulfone groups is 1. The first-order valence-corrected chi connectivity index (χ1v) is 6.90. The van der Waals surface area contributed by atoms with Crippen LogP contribution in [-0.2, 0) is 14.6 Å². The highest BCUT2D eigenvalue weighted by Crippen LogP contribution is 2.37. The first kappa shape index (κ1) is 10.1. The van der Waals surface area contributed by atoms with Crippen LogP contribution in [0.25, 0.3) is 0 Å². The van der Waals surface area contributed by atoms with Crippen molar-refractivity contribution in [1.29, 1.82) is 0 Å². The number of carbonyl (C=O) groups excluding carboxylic acids is 1. The smallest absolute Gasteiger partial charge is 0.156 e. The Kier molecular flexibility index (Phi) is 2.41. The summed E-state index contributed by atoms with van der Waals surface area (Å²) in [4.78, 5) is 11.7. The van der Waals surface area contributed by atoms with Crippen molar-refractivity contribution < 1.29 is 13.2 Å². The lowest BCUT2D eigenvalue weighted by molar-refractivity contribution is -0.124. The van der Waals surface area contributed by atoms with Gasteiger partial charge in [0.1, 0.15) is 5.78 Å². The van der Waals surface area contributed by atoms with Crippen LogP contribution < -0.4 is 0 Å². The zero-order chi connectivity index (χ0) is 10.3. The summed E-state index contributed by atoms with van der Waals surface area (Å²) in [6.07, 6.45) is 3.69. The van der Waals surface area contributed by atoms with E-state index in [4.69, 9.17) is 0 Å². The van der Waals surface area contributed by atoms with Crippen LogP contribution >= 0.6 is 0 Å². The maximum atomic E-state index is 11.9. The van der Waals surface area contributed by atoms with Gasteiger partial charge in [-0.15, -0.1) is 0 Å². The van der Waals surface area contributed by atoms with Gasteiger partial charge in [-0.1, -0.05) is 12.8 Å². The molecule has 1 heterocycles. The molecule has 80 valence electrons. The van der Waals surface area contributed by atoms with E-state index in [0.29, 0.717) is 6.42 Å². The van der Waals surface area contributed by atoms with Gasteiger partial charge in [0, 0.05) is 12.3 Å². The highest BCUT2D eigenvalue weighted by molar-refractivity contribution is 7.92. The zero-order valence-electron chi connectivity index (χ0n) is 8.40. The molecule has 0 N–H and O–H groups in total. The molecule has 0 aromatic heterocycles. The van der Waals surface area contributed by atoms with Crippen LogP contribution in [0.15, 0.2) is 0 Å². The second kappa shape index (κ2) is 3.33. The van der Waals surface area contributed by atoms with Gasteiger partial charge < -0.3 is 0 Å². The molecule has 2 aliphatic rings. The molecule has 4 heteroatoms. The summed E-state index contributed by atoms with van der Waals surface area (Å²) in [6.45, 7) is 1.66. The molecule has 14 heavy (non-hydrogen) atoms. The van der Waals surface area contributed by atoms with Crippen molar-refractivity contribution in [2.75, 3.05) is 0 Å². The van der Waals surface area contributed by atoms with Gasteiger partial charge in [0.15, 0.2) is 9.84 Å². The fourth-order valence-electron chi connectivity index (χ4n) is 2.71. The number of hydrogen-bond donors (Lipinski definition) is 0. The molecule has 0 radical (unpaired) electrons. The largest absolute Gasteiger partial charge is 0.299 e. The molecular formula is C10H16O3S. The average Bonchev–Trinajstić information content (AvgIpc) is 2.16. The van der Waals surface area contributed by atoms with Gasteiger partial charge in [0.25, 0.3) is 0 Å². The molecule has 2 fully saturated rings. The second-order valence-electron chi connectivity index (χ2n) is 4.50. The Balaban J connectivity index is 2.35. The maximum Gasteiger partial charge on any atom is 0.156 e. The standard InChI is InChI=1S/C10H16O3S/c1-7-6-9(11)8-4-2-3-5-10(8)14(7,12)13/h7-8,10H,2-6H2,1H3. The van der Waals surface area contributed by atoms with E-state index in [-0.39, 0.29) is 23.4 Å². The van der Waals surface area contributed by atoms with Gasteiger partial charge in [-0.2, -0.15) is 0 Å². The van der Waals surface area contributed by atoms with Gasteiger partial charge in [0.05, 0.1) is 10.5 Å². The summed E-state index contributed by atoms with van der Waals surface area (Å²) < 4.78 is 23.9. The third-order valence-corrected chi connectivity index (χ3v) is 6.28. The Morgan fingerprint density at radius 1 is 1.21 bits per heavy atom. The Labute approximate surface area is 84.8 Å². The summed E-state index contributed by atoms with van der Waals surface area (Å²) in [7, 11) is -3.02. The molecular weight excluding hydrogens is 200 g/mol. The highest BCUT2D eigenvalue weighted by Gasteiger charge is 2.46. The fraction of sp³-hybridized carbons (Fsp3) is 0.900. The summed E-state index contributed by atoms with van der Waals surface area (Å²) in [6, 6.07) is 0. The molecule has 1 saturated carbocycles. The minimum absolute atomic E-state index is 0.176. The van der Waals surface area contributed by atoms with E-state index in [1.807, 2.05) is 0 Å². The molecule has 3 atom stereocenters. The van der Waals surface area contributed by atoms with Crippen molar-refractivity contribution >= 4 is 15.6 Å². The van der Waals surface area contributed by atoms with Crippen molar-refractivity contribution in [3.05, 3.63) is 0 Å². The summed E-state index contributed by atoms with van der Waals surface area (Å²) in [5.74, 6) is 0.00183. The van der Waals surface area contributed by atoms with E-state index in [1.165, 1.54) is 0 Å². The van der Waals surface area contributed by atoms with Crippen LogP contribution in [0.4, 0.5) is 0 Å². The molecule has 0 aromatic carbocycles. The van der Waals surface area contributed by atoms with Crippen LogP contribution in [-0.4, -0.2) is 24.7 Å². The number of rotatable bonds is 0. The molecule has 0 bridgehead atoms. The molecule has 1 saturated heterocycles. The maximum absolute atomic E-state index is 11.9. The van der Waals surface area contributed by atoms with E-state index in [1.54, 1.807) is 6.92 Å². The van der Waals surface area contributed by atoms with Crippen molar-refractivity contribution in [2.24, 2.45) is 5.92 Å². The van der Waals surface area contributed by atoms with Gasteiger partial charge in [0.2, 0.25) is 0 Å². The topological polar surface area (TPSA) is 51.2 Å². The average molecular weight is 216 g/mol. The lowest BCUT2D eigenvalue weighted by Crippen LogP contribution is -2.47. The van der Waals surface area contributed by atoms with Gasteiger partial charge >= 0.3 is 0 Å². The molecule has 2 rings (SSSR count). The van der Waals surface area contributed by atoms with E-state index >= 15 is 0 Å². The second-order valence-corrected chi connectivity index (χ2v) is 7.09. The van der Waals surface area contributed by atoms with Crippen molar-refractivity contribution in [1.82, 2.24) is 0 Å². The van der Waals surface area contributed by atoms with Crippen molar-refractivity contribution in [2.45, 2.75) is 49.5 Å². The van der Waals surface area contributed by atoms with E-state index in [2.05, 4.69) is 0 Å². The first-order chi connectivity index (χ1) is 6.53. The van der Waals surface area contributed by atoms with Crippen LogP contribution in [0.1, 0.15) is 39.0 Å². The summed E-state index contributed by atoms with van der Waals surface area (Å²) >= 11 is 0. The monoisotopic (exact) mass is 216 g/mol. The highest BCUT2D eigenvalue weighted by atomic mass is 32.2. The van der Waals surface area contributed by atoms with Gasteiger partial charge in [-0.25, -0.2) is 8.42 Å². The molecule has 0 aromatic rings. The SMILES string of the molecule is CC1CC(=O)C2CCCCC2S1(=O)=O. The molecule has 3 unspecified atom stereocenters. The van der Waals surface area contributed by atoms with Crippen LogP contribution in [0.2, 0.25) is 0 Å². The fourth-order valence-corrected chi connectivity index (χ4v) is 4.94. The first-order valence-electron chi connectivity index (χ1n) is 5.29. The number of ketones is 1. The number of fused-ring (bicyclic) bond motifs is 1. The van der Waals surface area contributed by atoms with Gasteiger partial charge in [-0.3, -0.25) is 4.79 Å². The molecule has 1 aliphatic carbocycles. The third-order valence-electron chi connectivity index (χ3n) is 3.59. The van der Waals surface area contributed by atoms with Gasteiger partial charge in [-0.05, 0) is 19.8 Å². The predicted octanol–water partition coefficient (Wildman–Crippen LogP) is 1.32. The lowest BCUT2D eigenvalue weighted by Gasteiger charge is -2.36. The van der Waals surface area contributed by atoms with E-state index in [0.717, 1.165) is 19.3 Å². The van der Waals surface area contributed by atoms with E-state index < -0.39 is 15.1 Å². The third kappa shape index (κ3) is 1.40. The van der Waals surface area contributed by atoms with E-state index in [9.17, 15) is 13.2 Å². The Bertz CT molecular complexity index is 344. The number of carbonyl (C=O) groups is 1. The van der Waals surface area contributed by atoms with Crippen molar-refractivity contribution in [3.8, 4) is 0 Å². The summed E-state index contributed by atoms with van der Waals surface area (Å²) in [5, 5.41) is -0.804.